The quantitative estimate of drug-likeness (QED) is 0.662. The second kappa shape index (κ2) is 3.00. The maximum atomic E-state index is 12.0. The molecule has 0 saturated carbocycles. The normalized spacial score (nSPS) is 11.3. The number of H-pyrrole nitrogens is 1. The molecule has 1 rings (SSSR count). The van der Waals surface area contributed by atoms with Crippen LogP contribution in [0, 0.1) is 0 Å². The minimum atomic E-state index is -4.72. The lowest BCUT2D eigenvalue weighted by Crippen LogP contribution is -2.18. The monoisotopic (exact) mass is 192 g/mol. The van der Waals surface area contributed by atoms with Crippen molar-refractivity contribution in [1.29, 1.82) is 0 Å². The Labute approximate surface area is 69.4 Å². The molecule has 0 unspecified atom stereocenters. The van der Waals surface area contributed by atoms with Gasteiger partial charge in [-0.3, -0.25) is 9.59 Å². The first-order valence-corrected chi connectivity index (χ1v) is 3.07. The van der Waals surface area contributed by atoms with Gasteiger partial charge in [-0.25, -0.2) is 4.98 Å². The van der Waals surface area contributed by atoms with E-state index in [1.807, 2.05) is 4.98 Å². The summed E-state index contributed by atoms with van der Waals surface area (Å²) in [5, 5.41) is 0. The molecule has 0 aliphatic rings. The number of nitrogens with one attached hydrogen (secondary N) is 1. The fraction of sp³-hybridized carbons (Fsp3) is 0.167. The zero-order valence-electron chi connectivity index (χ0n) is 6.05. The average Bonchev–Trinajstić information content (AvgIpc) is 2.01. The smallest absolute Gasteiger partial charge is 0.304 e. The number of aromatic nitrogens is 2. The maximum Gasteiger partial charge on any atom is 0.433 e. The summed E-state index contributed by atoms with van der Waals surface area (Å²) < 4.78 is 35.9. The van der Waals surface area contributed by atoms with Crippen LogP contribution in [0.1, 0.15) is 16.3 Å². The van der Waals surface area contributed by atoms with E-state index in [2.05, 4.69) is 4.98 Å². The van der Waals surface area contributed by atoms with Crippen LogP contribution >= 0.6 is 0 Å². The summed E-state index contributed by atoms with van der Waals surface area (Å²) >= 11 is 0. The van der Waals surface area contributed by atoms with Crippen molar-refractivity contribution in [3.8, 4) is 0 Å². The van der Waals surface area contributed by atoms with Crippen molar-refractivity contribution in [2.45, 2.75) is 6.18 Å². The van der Waals surface area contributed by atoms with E-state index in [4.69, 9.17) is 0 Å². The molecule has 4 nitrogen and oxygen atoms in total. The van der Waals surface area contributed by atoms with Crippen LogP contribution in [0.3, 0.4) is 0 Å². The molecule has 1 aromatic rings. The molecule has 0 fully saturated rings. The number of hydrogen-bond acceptors (Lipinski definition) is 3. The van der Waals surface area contributed by atoms with E-state index >= 15 is 0 Å². The molecule has 0 saturated heterocycles. The van der Waals surface area contributed by atoms with Crippen molar-refractivity contribution < 1.29 is 18.0 Å². The zero-order valence-corrected chi connectivity index (χ0v) is 6.05. The summed E-state index contributed by atoms with van der Waals surface area (Å²) in [6, 6.07) is 0.285. The van der Waals surface area contributed by atoms with Gasteiger partial charge in [-0.05, 0) is 0 Å². The Morgan fingerprint density at radius 3 is 2.54 bits per heavy atom. The molecule has 0 aliphatic heterocycles. The van der Waals surface area contributed by atoms with Crippen LogP contribution in [-0.4, -0.2) is 16.3 Å². The summed E-state index contributed by atoms with van der Waals surface area (Å²) in [5.74, 6) is -0.639. The highest BCUT2D eigenvalue weighted by Gasteiger charge is 2.33. The average molecular weight is 192 g/mol. The SMILES string of the molecule is O=Cc1nc(C(F)(F)F)cc(=O)[nH]1. The van der Waals surface area contributed by atoms with Crippen LogP contribution in [0.4, 0.5) is 13.2 Å². The number of alkyl halides is 3. The second-order valence-electron chi connectivity index (χ2n) is 2.13. The minimum absolute atomic E-state index is 0.0383. The van der Waals surface area contributed by atoms with Gasteiger partial charge in [0.15, 0.2) is 17.8 Å². The van der Waals surface area contributed by atoms with Gasteiger partial charge >= 0.3 is 6.18 Å². The lowest BCUT2D eigenvalue weighted by atomic mass is 10.4. The fourth-order valence-electron chi connectivity index (χ4n) is 0.678. The van der Waals surface area contributed by atoms with E-state index < -0.39 is 23.3 Å². The van der Waals surface area contributed by atoms with E-state index in [1.54, 1.807) is 0 Å². The van der Waals surface area contributed by atoms with Gasteiger partial charge in [0, 0.05) is 6.07 Å². The van der Waals surface area contributed by atoms with Crippen LogP contribution in [0.5, 0.6) is 0 Å². The summed E-state index contributed by atoms with van der Waals surface area (Å²) in [6.07, 6.45) is -4.68. The predicted molar refractivity (Wildman–Crippen MR) is 35.2 cm³/mol. The van der Waals surface area contributed by atoms with Gasteiger partial charge in [0.05, 0.1) is 0 Å². The number of carbonyl (C=O) groups is 1. The number of carbonyl (C=O) groups excluding carboxylic acids is 1. The van der Waals surface area contributed by atoms with Gasteiger partial charge in [0.1, 0.15) is 0 Å². The van der Waals surface area contributed by atoms with Crippen molar-refractivity contribution in [2.75, 3.05) is 0 Å². The Hall–Kier alpha value is -1.66. The third-order valence-corrected chi connectivity index (χ3v) is 1.16. The summed E-state index contributed by atoms with van der Waals surface area (Å²) in [4.78, 5) is 25.3. The largest absolute Gasteiger partial charge is 0.433 e. The van der Waals surface area contributed by atoms with Crippen LogP contribution in [0.25, 0.3) is 0 Å². The molecule has 70 valence electrons. The zero-order chi connectivity index (χ0) is 10.1. The van der Waals surface area contributed by atoms with Gasteiger partial charge in [-0.15, -0.1) is 0 Å². The number of aldehydes is 1. The molecule has 0 amide bonds. The number of rotatable bonds is 1. The van der Waals surface area contributed by atoms with Gasteiger partial charge in [-0.2, -0.15) is 13.2 Å². The summed E-state index contributed by atoms with van der Waals surface area (Å²) in [7, 11) is 0. The molecule has 0 bridgehead atoms. The first-order chi connectivity index (χ1) is 5.93. The highest BCUT2D eigenvalue weighted by atomic mass is 19.4. The van der Waals surface area contributed by atoms with E-state index in [9.17, 15) is 22.8 Å². The Kier molecular flexibility index (Phi) is 2.18. The van der Waals surface area contributed by atoms with Gasteiger partial charge in [0.25, 0.3) is 5.56 Å². The molecule has 0 aromatic carbocycles. The molecule has 0 aliphatic carbocycles. The van der Waals surface area contributed by atoms with Crippen molar-refractivity contribution >= 4 is 6.29 Å². The Balaban J connectivity index is 3.32. The van der Waals surface area contributed by atoms with Crippen molar-refractivity contribution in [1.82, 2.24) is 9.97 Å². The molecule has 7 heteroatoms. The molecule has 0 radical (unpaired) electrons. The fourth-order valence-corrected chi connectivity index (χ4v) is 0.678. The third-order valence-electron chi connectivity index (χ3n) is 1.16. The van der Waals surface area contributed by atoms with Crippen LogP contribution in [0.15, 0.2) is 10.9 Å². The molecular weight excluding hydrogens is 189 g/mol. The van der Waals surface area contributed by atoms with Gasteiger partial charge in [-0.1, -0.05) is 0 Å². The van der Waals surface area contributed by atoms with Crippen LogP contribution in [0.2, 0.25) is 0 Å². The molecular formula is C6H3F3N2O2. The second-order valence-corrected chi connectivity index (χ2v) is 2.13. The van der Waals surface area contributed by atoms with Crippen LogP contribution in [-0.2, 0) is 6.18 Å². The van der Waals surface area contributed by atoms with Crippen molar-refractivity contribution in [3.05, 3.63) is 27.9 Å². The lowest BCUT2D eigenvalue weighted by Gasteiger charge is -2.03. The van der Waals surface area contributed by atoms with E-state index in [-0.39, 0.29) is 12.4 Å². The molecule has 1 N–H and O–H groups in total. The lowest BCUT2D eigenvalue weighted by molar-refractivity contribution is -0.141. The molecule has 13 heavy (non-hydrogen) atoms. The number of aromatic amines is 1. The van der Waals surface area contributed by atoms with Gasteiger partial charge < -0.3 is 4.98 Å². The van der Waals surface area contributed by atoms with Crippen molar-refractivity contribution in [2.24, 2.45) is 0 Å². The Bertz CT molecular complexity index is 382. The number of hydrogen-bond donors (Lipinski definition) is 1. The first-order valence-electron chi connectivity index (χ1n) is 3.07. The van der Waals surface area contributed by atoms with E-state index in [0.717, 1.165) is 0 Å². The maximum absolute atomic E-state index is 12.0. The summed E-state index contributed by atoms with van der Waals surface area (Å²) in [6.45, 7) is 0. The first kappa shape index (κ1) is 9.43. The topological polar surface area (TPSA) is 62.8 Å². The van der Waals surface area contributed by atoms with Gasteiger partial charge in [0.2, 0.25) is 0 Å². The third kappa shape index (κ3) is 2.14. The van der Waals surface area contributed by atoms with Crippen molar-refractivity contribution in [3.63, 3.8) is 0 Å². The molecule has 0 atom stereocenters. The van der Waals surface area contributed by atoms with E-state index in [0.29, 0.717) is 0 Å². The number of nitrogens with zero attached hydrogens (tertiary/aromatic N) is 1. The predicted octanol–water partition coefficient (Wildman–Crippen LogP) is 0.601. The minimum Gasteiger partial charge on any atom is -0.304 e. The summed E-state index contributed by atoms with van der Waals surface area (Å²) in [5.41, 5.74) is -2.39. The van der Waals surface area contributed by atoms with Crippen LogP contribution < -0.4 is 5.56 Å². The molecule has 0 spiro atoms. The Morgan fingerprint density at radius 1 is 1.46 bits per heavy atom. The van der Waals surface area contributed by atoms with E-state index in [1.165, 1.54) is 0 Å². The highest BCUT2D eigenvalue weighted by molar-refractivity contribution is 5.68. The number of halogens is 3. The highest BCUT2D eigenvalue weighted by Crippen LogP contribution is 2.25. The standard InChI is InChI=1S/C6H3F3N2O2/c7-6(8,9)3-1-5(13)11-4(2-12)10-3/h1-2H,(H,10,11,13). The molecule has 1 aromatic heterocycles. The Morgan fingerprint density at radius 2 is 2.08 bits per heavy atom. The molecule has 1 heterocycles.